The molecule has 1 atom stereocenters. The predicted octanol–water partition coefficient (Wildman–Crippen LogP) is 7.27. The summed E-state index contributed by atoms with van der Waals surface area (Å²) in [5.41, 5.74) is 5.30. The molecular weight excluding hydrogens is 535 g/mol. The number of carboxylic acid groups (broad SMARTS) is 1. The van der Waals surface area contributed by atoms with E-state index >= 15 is 0 Å². The van der Waals surface area contributed by atoms with Crippen molar-refractivity contribution in [1.82, 2.24) is 9.88 Å². The molecule has 9 heteroatoms. The molecule has 2 heterocycles. The van der Waals surface area contributed by atoms with Crippen molar-refractivity contribution in [1.29, 1.82) is 5.26 Å². The summed E-state index contributed by atoms with van der Waals surface area (Å²) in [5, 5.41) is 24.1. The van der Waals surface area contributed by atoms with E-state index in [2.05, 4.69) is 16.4 Å². The van der Waals surface area contributed by atoms with Crippen LogP contribution in [-0.2, 0) is 11.3 Å². The molecule has 0 saturated carbocycles. The second-order valence-electron chi connectivity index (χ2n) is 9.50. The van der Waals surface area contributed by atoms with Gasteiger partial charge in [0.2, 0.25) is 0 Å². The number of methoxy groups -OCH3 is 1. The van der Waals surface area contributed by atoms with Gasteiger partial charge in [0.1, 0.15) is 17.9 Å². The molecule has 39 heavy (non-hydrogen) atoms. The van der Waals surface area contributed by atoms with Crippen LogP contribution < -0.4 is 10.1 Å². The highest BCUT2D eigenvalue weighted by molar-refractivity contribution is 6.37. The molecule has 0 spiro atoms. The van der Waals surface area contributed by atoms with Gasteiger partial charge in [0, 0.05) is 24.2 Å². The molecule has 1 fully saturated rings. The number of carboxylic acids is 1. The fourth-order valence-corrected chi connectivity index (χ4v) is 5.51. The molecule has 5 rings (SSSR count). The van der Waals surface area contributed by atoms with Crippen molar-refractivity contribution in [2.24, 2.45) is 0 Å². The first kappa shape index (κ1) is 26.8. The van der Waals surface area contributed by atoms with E-state index in [1.54, 1.807) is 12.1 Å². The van der Waals surface area contributed by atoms with Crippen molar-refractivity contribution in [3.05, 3.63) is 82.0 Å². The van der Waals surface area contributed by atoms with Crippen molar-refractivity contribution in [2.45, 2.75) is 31.8 Å². The molecule has 0 amide bonds. The first-order valence-electron chi connectivity index (χ1n) is 12.6. The molecule has 1 aromatic heterocycles. The number of anilines is 2. The Kier molecular flexibility index (Phi) is 7.89. The van der Waals surface area contributed by atoms with E-state index in [1.807, 2.05) is 47.4 Å². The van der Waals surface area contributed by atoms with Gasteiger partial charge in [-0.15, -0.1) is 0 Å². The van der Waals surface area contributed by atoms with Gasteiger partial charge < -0.3 is 15.2 Å². The Balaban J connectivity index is 1.43. The van der Waals surface area contributed by atoms with Gasteiger partial charge in [-0.2, -0.15) is 5.26 Å². The Morgan fingerprint density at radius 2 is 1.90 bits per heavy atom. The first-order chi connectivity index (χ1) is 18.9. The summed E-state index contributed by atoms with van der Waals surface area (Å²) in [6.07, 6.45) is 4.21. The van der Waals surface area contributed by atoms with Gasteiger partial charge in [0.05, 0.1) is 39.6 Å². The average molecular weight is 561 g/mol. The van der Waals surface area contributed by atoms with Crippen molar-refractivity contribution >= 4 is 51.4 Å². The Morgan fingerprint density at radius 3 is 2.62 bits per heavy atom. The lowest BCUT2D eigenvalue weighted by molar-refractivity contribution is -0.144. The van der Waals surface area contributed by atoms with Crippen molar-refractivity contribution in [3.63, 3.8) is 0 Å². The molecule has 0 aliphatic carbocycles. The predicted molar refractivity (Wildman–Crippen MR) is 154 cm³/mol. The molecule has 1 saturated heterocycles. The number of ether oxygens (including phenoxy) is 1. The lowest BCUT2D eigenvalue weighted by atomic mass is 9.99. The van der Waals surface area contributed by atoms with Gasteiger partial charge in [0.25, 0.3) is 0 Å². The minimum absolute atomic E-state index is 0.377. The average Bonchev–Trinajstić information content (AvgIpc) is 2.94. The highest BCUT2D eigenvalue weighted by atomic mass is 35.5. The standard InChI is InChI=1S/C30H26Cl2N4O3/c1-39-28-14-26(23(31)13-24(28)32)35-29-21(15-33)16-34-25-12-20(9-10-22(25)29)19-7-5-18(6-8-19)17-36-11-3-2-4-27(36)30(37)38/h5-10,12-14,16,27H,2-4,11,17H2,1H3,(H,34,35)(H,37,38). The first-order valence-corrected chi connectivity index (χ1v) is 13.3. The van der Waals surface area contributed by atoms with Gasteiger partial charge in [-0.3, -0.25) is 14.7 Å². The number of halogens is 2. The highest BCUT2D eigenvalue weighted by Gasteiger charge is 2.28. The lowest BCUT2D eigenvalue weighted by Crippen LogP contribution is -2.43. The SMILES string of the molecule is COc1cc(Nc2c(C#N)cnc3cc(-c4ccc(CN5CCCCC5C(=O)O)cc4)ccc23)c(Cl)cc1Cl. The van der Waals surface area contributed by atoms with Crippen molar-refractivity contribution in [2.75, 3.05) is 19.0 Å². The highest BCUT2D eigenvalue weighted by Crippen LogP contribution is 2.38. The number of pyridine rings is 1. The monoisotopic (exact) mass is 560 g/mol. The van der Waals surface area contributed by atoms with E-state index < -0.39 is 12.0 Å². The van der Waals surface area contributed by atoms with E-state index in [1.165, 1.54) is 13.3 Å². The molecule has 7 nitrogen and oxygen atoms in total. The number of fused-ring (bicyclic) bond motifs is 1. The third-order valence-electron chi connectivity index (χ3n) is 7.06. The molecule has 198 valence electrons. The maximum Gasteiger partial charge on any atom is 0.320 e. The molecule has 3 aromatic carbocycles. The largest absolute Gasteiger partial charge is 0.495 e. The summed E-state index contributed by atoms with van der Waals surface area (Å²) in [6.45, 7) is 1.41. The molecule has 4 aromatic rings. The number of hydrogen-bond acceptors (Lipinski definition) is 6. The van der Waals surface area contributed by atoms with Gasteiger partial charge in [-0.1, -0.05) is 66.0 Å². The number of nitrogens with zero attached hydrogens (tertiary/aromatic N) is 3. The zero-order valence-electron chi connectivity index (χ0n) is 21.2. The van der Waals surface area contributed by atoms with Gasteiger partial charge in [-0.05, 0) is 48.2 Å². The number of aliphatic carboxylic acids is 1. The minimum atomic E-state index is -0.749. The van der Waals surface area contributed by atoms with Crippen LogP contribution in [0.4, 0.5) is 11.4 Å². The molecule has 1 aliphatic heterocycles. The Bertz CT molecular complexity index is 1580. The smallest absolute Gasteiger partial charge is 0.320 e. The zero-order chi connectivity index (χ0) is 27.5. The third-order valence-corrected chi connectivity index (χ3v) is 7.67. The summed E-state index contributed by atoms with van der Waals surface area (Å²) in [7, 11) is 1.52. The Morgan fingerprint density at radius 1 is 1.13 bits per heavy atom. The van der Waals surface area contributed by atoms with Gasteiger partial charge in [-0.25, -0.2) is 0 Å². The molecule has 1 unspecified atom stereocenters. The van der Waals surface area contributed by atoms with Crippen LogP contribution in [0.25, 0.3) is 22.0 Å². The second kappa shape index (κ2) is 11.5. The van der Waals surface area contributed by atoms with Crippen molar-refractivity contribution < 1.29 is 14.6 Å². The van der Waals surface area contributed by atoms with E-state index in [4.69, 9.17) is 27.9 Å². The number of nitrogens with one attached hydrogen (secondary N) is 1. The number of carbonyl (C=O) groups is 1. The van der Waals surface area contributed by atoms with Crippen LogP contribution in [0.1, 0.15) is 30.4 Å². The quantitative estimate of drug-likeness (QED) is 0.245. The van der Waals surface area contributed by atoms with Crippen LogP contribution >= 0.6 is 23.2 Å². The fraction of sp³-hybridized carbons (Fsp3) is 0.233. The van der Waals surface area contributed by atoms with Crippen LogP contribution in [0.5, 0.6) is 5.75 Å². The van der Waals surface area contributed by atoms with Crippen molar-refractivity contribution in [3.8, 4) is 22.9 Å². The maximum absolute atomic E-state index is 11.6. The normalized spacial score (nSPS) is 15.6. The summed E-state index contributed by atoms with van der Waals surface area (Å²) in [5.74, 6) is -0.286. The van der Waals surface area contributed by atoms with E-state index in [-0.39, 0.29) is 0 Å². The zero-order valence-corrected chi connectivity index (χ0v) is 22.8. The van der Waals surface area contributed by atoms with Crippen LogP contribution in [-0.4, -0.2) is 40.7 Å². The maximum atomic E-state index is 11.6. The number of rotatable bonds is 7. The summed E-state index contributed by atoms with van der Waals surface area (Å²) in [4.78, 5) is 18.2. The number of piperidine rings is 1. The molecule has 0 radical (unpaired) electrons. The summed E-state index contributed by atoms with van der Waals surface area (Å²) in [6, 6.07) is 19.1. The molecule has 1 aliphatic rings. The van der Waals surface area contributed by atoms with E-state index in [9.17, 15) is 15.2 Å². The second-order valence-corrected chi connectivity index (χ2v) is 10.3. The number of nitriles is 1. The van der Waals surface area contributed by atoms with Crippen LogP contribution in [0.2, 0.25) is 10.0 Å². The molecule has 0 bridgehead atoms. The summed E-state index contributed by atoms with van der Waals surface area (Å²) < 4.78 is 5.32. The third kappa shape index (κ3) is 5.64. The van der Waals surface area contributed by atoms with E-state index in [0.717, 1.165) is 41.5 Å². The van der Waals surface area contributed by atoms with E-state index in [0.29, 0.717) is 51.2 Å². The van der Waals surface area contributed by atoms with Gasteiger partial charge >= 0.3 is 5.97 Å². The molecule has 2 N–H and O–H groups in total. The topological polar surface area (TPSA) is 98.5 Å². The molecular formula is C30H26Cl2N4O3. The number of aromatic nitrogens is 1. The van der Waals surface area contributed by atoms with Crippen LogP contribution in [0, 0.1) is 11.3 Å². The number of hydrogen-bond donors (Lipinski definition) is 2. The number of likely N-dealkylation sites (tertiary alicyclic amines) is 1. The lowest BCUT2D eigenvalue weighted by Gasteiger charge is -2.32. The Hall–Kier alpha value is -3.83. The van der Waals surface area contributed by atoms with Crippen LogP contribution in [0.15, 0.2) is 60.8 Å². The summed E-state index contributed by atoms with van der Waals surface area (Å²) >= 11 is 12.6. The fourth-order valence-electron chi connectivity index (χ4n) is 5.01. The minimum Gasteiger partial charge on any atom is -0.495 e. The van der Waals surface area contributed by atoms with Gasteiger partial charge in [0.15, 0.2) is 0 Å². The number of benzene rings is 3. The van der Waals surface area contributed by atoms with Crippen LogP contribution in [0.3, 0.4) is 0 Å². The Labute approximate surface area is 236 Å².